The summed E-state index contributed by atoms with van der Waals surface area (Å²) in [7, 11) is 0. The van der Waals surface area contributed by atoms with E-state index in [-0.39, 0.29) is 6.10 Å². The average molecular weight is 270 g/mol. The summed E-state index contributed by atoms with van der Waals surface area (Å²) >= 11 is 6.17. The Kier molecular flexibility index (Phi) is 4.87. The topological polar surface area (TPSA) is 44.5 Å². The molecule has 4 heteroatoms. The molecule has 2 unspecified atom stereocenters. The van der Waals surface area contributed by atoms with Gasteiger partial charge in [0, 0.05) is 0 Å². The highest BCUT2D eigenvalue weighted by molar-refractivity contribution is 6.32. The zero-order valence-corrected chi connectivity index (χ0v) is 11.5. The van der Waals surface area contributed by atoms with Crippen molar-refractivity contribution in [3.63, 3.8) is 0 Å². The Morgan fingerprint density at radius 2 is 2.28 bits per heavy atom. The Balaban J connectivity index is 1.89. The first-order valence-corrected chi connectivity index (χ1v) is 6.83. The number of nitrogens with two attached hydrogens (primary N) is 1. The molecule has 0 amide bonds. The summed E-state index contributed by atoms with van der Waals surface area (Å²) in [5.41, 5.74) is 6.65. The first-order valence-electron chi connectivity index (χ1n) is 6.46. The third-order valence-corrected chi connectivity index (χ3v) is 3.47. The second-order valence-corrected chi connectivity index (χ2v) is 5.17. The minimum atomic E-state index is 0.194. The van der Waals surface area contributed by atoms with Gasteiger partial charge in [-0.2, -0.15) is 0 Å². The summed E-state index contributed by atoms with van der Waals surface area (Å²) in [5.74, 6) is 0.723. The van der Waals surface area contributed by atoms with Gasteiger partial charge >= 0.3 is 0 Å². The minimum Gasteiger partial charge on any atom is -0.489 e. The zero-order valence-electron chi connectivity index (χ0n) is 10.7. The molecular weight excluding hydrogens is 250 g/mol. The fourth-order valence-electron chi connectivity index (χ4n) is 2.17. The van der Waals surface area contributed by atoms with Crippen molar-refractivity contribution in [2.24, 2.45) is 5.73 Å². The first-order chi connectivity index (χ1) is 8.69. The Morgan fingerprint density at radius 3 is 2.89 bits per heavy atom. The van der Waals surface area contributed by atoms with Gasteiger partial charge in [-0.1, -0.05) is 17.7 Å². The van der Waals surface area contributed by atoms with Gasteiger partial charge in [0.1, 0.15) is 12.4 Å². The van der Waals surface area contributed by atoms with Crippen molar-refractivity contribution in [2.45, 2.75) is 38.4 Å². The lowest BCUT2D eigenvalue weighted by molar-refractivity contribution is 0.0265. The van der Waals surface area contributed by atoms with Crippen LogP contribution in [0.1, 0.15) is 25.3 Å². The van der Waals surface area contributed by atoms with Crippen LogP contribution in [0.15, 0.2) is 18.2 Å². The summed E-state index contributed by atoms with van der Waals surface area (Å²) in [6.45, 7) is 3.29. The van der Waals surface area contributed by atoms with E-state index in [4.69, 9.17) is 26.8 Å². The molecule has 100 valence electrons. The van der Waals surface area contributed by atoms with Crippen molar-refractivity contribution in [3.05, 3.63) is 28.8 Å². The van der Waals surface area contributed by atoms with Crippen LogP contribution in [0.4, 0.5) is 0 Å². The summed E-state index contributed by atoms with van der Waals surface area (Å²) in [4.78, 5) is 0. The molecule has 0 spiro atoms. The molecule has 1 aromatic rings. The predicted octanol–water partition coefficient (Wildman–Crippen LogP) is 2.79. The fourth-order valence-corrected chi connectivity index (χ4v) is 2.43. The molecule has 1 aromatic carbocycles. The van der Waals surface area contributed by atoms with E-state index in [1.165, 1.54) is 0 Å². The molecule has 0 bridgehead atoms. The smallest absolute Gasteiger partial charge is 0.138 e. The standard InChI is InChI=1S/C14H20ClNO2/c1-10-2-4-12(18-10)9-17-14-5-3-11(6-7-16)8-13(14)15/h3,5,8,10,12H,2,4,6-7,9,16H2,1H3. The number of hydrogen-bond donors (Lipinski definition) is 1. The van der Waals surface area contributed by atoms with Crippen molar-refractivity contribution in [1.29, 1.82) is 0 Å². The monoisotopic (exact) mass is 269 g/mol. The summed E-state index contributed by atoms with van der Waals surface area (Å²) in [6.07, 6.45) is 3.55. The summed E-state index contributed by atoms with van der Waals surface area (Å²) in [5, 5.41) is 0.645. The summed E-state index contributed by atoms with van der Waals surface area (Å²) in [6, 6.07) is 5.83. The molecule has 1 aliphatic rings. The van der Waals surface area contributed by atoms with Crippen molar-refractivity contribution in [2.75, 3.05) is 13.2 Å². The van der Waals surface area contributed by atoms with E-state index < -0.39 is 0 Å². The maximum Gasteiger partial charge on any atom is 0.138 e. The van der Waals surface area contributed by atoms with E-state index >= 15 is 0 Å². The van der Waals surface area contributed by atoms with Crippen LogP contribution in [0.25, 0.3) is 0 Å². The van der Waals surface area contributed by atoms with Crippen molar-refractivity contribution < 1.29 is 9.47 Å². The Labute approximate surface area is 113 Å². The highest BCUT2D eigenvalue weighted by atomic mass is 35.5. The van der Waals surface area contributed by atoms with Gasteiger partial charge in [-0.15, -0.1) is 0 Å². The normalized spacial score (nSPS) is 23.3. The van der Waals surface area contributed by atoms with E-state index in [0.29, 0.717) is 24.3 Å². The van der Waals surface area contributed by atoms with Gasteiger partial charge < -0.3 is 15.2 Å². The Morgan fingerprint density at radius 1 is 1.44 bits per heavy atom. The Bertz CT molecular complexity index is 397. The van der Waals surface area contributed by atoms with E-state index in [9.17, 15) is 0 Å². The SMILES string of the molecule is CC1CCC(COc2ccc(CCN)cc2Cl)O1. The number of ether oxygens (including phenoxy) is 2. The zero-order chi connectivity index (χ0) is 13.0. The molecule has 3 nitrogen and oxygen atoms in total. The van der Waals surface area contributed by atoms with Crippen LogP contribution < -0.4 is 10.5 Å². The van der Waals surface area contributed by atoms with E-state index in [0.717, 1.165) is 30.6 Å². The van der Waals surface area contributed by atoms with Crippen LogP contribution in [0.3, 0.4) is 0 Å². The molecule has 2 rings (SSSR count). The quantitative estimate of drug-likeness (QED) is 0.894. The molecular formula is C14H20ClNO2. The van der Waals surface area contributed by atoms with Gasteiger partial charge in [-0.25, -0.2) is 0 Å². The molecule has 18 heavy (non-hydrogen) atoms. The van der Waals surface area contributed by atoms with Crippen molar-refractivity contribution in [3.8, 4) is 5.75 Å². The van der Waals surface area contributed by atoms with Crippen molar-refractivity contribution >= 4 is 11.6 Å². The largest absolute Gasteiger partial charge is 0.489 e. The van der Waals surface area contributed by atoms with Crippen molar-refractivity contribution in [1.82, 2.24) is 0 Å². The van der Waals surface area contributed by atoms with Crippen LogP contribution in [-0.4, -0.2) is 25.4 Å². The molecule has 0 aromatic heterocycles. The van der Waals surface area contributed by atoms with E-state index in [2.05, 4.69) is 6.92 Å². The van der Waals surface area contributed by atoms with Gasteiger partial charge in [0.2, 0.25) is 0 Å². The van der Waals surface area contributed by atoms with Crippen LogP contribution >= 0.6 is 11.6 Å². The molecule has 2 atom stereocenters. The molecule has 0 radical (unpaired) electrons. The molecule has 2 N–H and O–H groups in total. The number of halogens is 1. The summed E-state index contributed by atoms with van der Waals surface area (Å²) < 4.78 is 11.4. The second kappa shape index (κ2) is 6.41. The highest BCUT2D eigenvalue weighted by Crippen LogP contribution is 2.27. The molecule has 0 aliphatic carbocycles. The highest BCUT2D eigenvalue weighted by Gasteiger charge is 2.22. The molecule has 1 heterocycles. The molecule has 0 saturated carbocycles. The van der Waals surface area contributed by atoms with E-state index in [1.807, 2.05) is 18.2 Å². The number of hydrogen-bond acceptors (Lipinski definition) is 3. The maximum atomic E-state index is 6.17. The maximum absolute atomic E-state index is 6.17. The molecule has 1 saturated heterocycles. The van der Waals surface area contributed by atoms with Crippen LogP contribution in [0.2, 0.25) is 5.02 Å². The van der Waals surface area contributed by atoms with E-state index in [1.54, 1.807) is 0 Å². The molecule has 1 aliphatic heterocycles. The second-order valence-electron chi connectivity index (χ2n) is 4.76. The van der Waals surface area contributed by atoms with Gasteiger partial charge in [0.05, 0.1) is 17.2 Å². The Hall–Kier alpha value is -0.770. The first kappa shape index (κ1) is 13.7. The third-order valence-electron chi connectivity index (χ3n) is 3.17. The minimum absolute atomic E-state index is 0.194. The third kappa shape index (κ3) is 3.61. The van der Waals surface area contributed by atoms with Crippen LogP contribution in [0.5, 0.6) is 5.75 Å². The number of rotatable bonds is 5. The predicted molar refractivity (Wildman–Crippen MR) is 73.3 cm³/mol. The van der Waals surface area contributed by atoms with Gasteiger partial charge in [0.15, 0.2) is 0 Å². The lowest BCUT2D eigenvalue weighted by Crippen LogP contribution is -2.18. The van der Waals surface area contributed by atoms with Gasteiger partial charge in [0.25, 0.3) is 0 Å². The van der Waals surface area contributed by atoms with Crippen LogP contribution in [-0.2, 0) is 11.2 Å². The lowest BCUT2D eigenvalue weighted by Gasteiger charge is -2.14. The average Bonchev–Trinajstić information content (AvgIpc) is 2.74. The molecule has 1 fully saturated rings. The van der Waals surface area contributed by atoms with Gasteiger partial charge in [-0.05, 0) is 50.4 Å². The van der Waals surface area contributed by atoms with Gasteiger partial charge in [-0.3, -0.25) is 0 Å². The number of benzene rings is 1. The lowest BCUT2D eigenvalue weighted by atomic mass is 10.1. The van der Waals surface area contributed by atoms with Crippen LogP contribution in [0, 0.1) is 0 Å². The fraction of sp³-hybridized carbons (Fsp3) is 0.571.